The molecule has 0 aliphatic carbocycles. The number of ether oxygens (including phenoxy) is 2. The summed E-state index contributed by atoms with van der Waals surface area (Å²) in [5.41, 5.74) is 1.30. The van der Waals surface area contributed by atoms with E-state index < -0.39 is 0 Å². The molecule has 1 unspecified atom stereocenters. The van der Waals surface area contributed by atoms with Crippen LogP contribution in [0.1, 0.15) is 37.4 Å². The molecule has 3 heterocycles. The first-order valence-electron chi connectivity index (χ1n) is 6.62. The van der Waals surface area contributed by atoms with Crippen molar-refractivity contribution in [3.8, 4) is 0 Å². The molecule has 0 radical (unpaired) electrons. The number of halogens is 1. The van der Waals surface area contributed by atoms with Crippen molar-refractivity contribution in [3.05, 3.63) is 15.5 Å². The van der Waals surface area contributed by atoms with E-state index >= 15 is 0 Å². The summed E-state index contributed by atoms with van der Waals surface area (Å²) in [6, 6.07) is 2.63. The summed E-state index contributed by atoms with van der Waals surface area (Å²) >= 11 is 2.29. The molecule has 4 nitrogen and oxygen atoms in total. The Balaban J connectivity index is 1.79. The Hall–Kier alpha value is -0.140. The predicted molar refractivity (Wildman–Crippen MR) is 76.7 cm³/mol. The lowest BCUT2D eigenvalue weighted by Crippen LogP contribution is -2.45. The van der Waals surface area contributed by atoms with Crippen molar-refractivity contribution in [2.24, 2.45) is 0 Å². The van der Waals surface area contributed by atoms with Gasteiger partial charge in [-0.25, -0.2) is 0 Å². The van der Waals surface area contributed by atoms with Gasteiger partial charge in [-0.3, -0.25) is 4.68 Å². The Morgan fingerprint density at radius 3 is 2.83 bits per heavy atom. The Bertz CT molecular complexity index is 421. The van der Waals surface area contributed by atoms with Crippen molar-refractivity contribution < 1.29 is 9.47 Å². The molecule has 1 atom stereocenters. The summed E-state index contributed by atoms with van der Waals surface area (Å²) in [5, 5.41) is 4.63. The van der Waals surface area contributed by atoms with E-state index in [1.54, 1.807) is 0 Å². The molecule has 0 N–H and O–H groups in total. The molecule has 0 saturated carbocycles. The molecule has 2 fully saturated rings. The van der Waals surface area contributed by atoms with Gasteiger partial charge >= 0.3 is 0 Å². The van der Waals surface area contributed by atoms with Gasteiger partial charge in [0.05, 0.1) is 11.6 Å². The second kappa shape index (κ2) is 5.09. The van der Waals surface area contributed by atoms with Crippen LogP contribution in [0.5, 0.6) is 0 Å². The van der Waals surface area contributed by atoms with Crippen LogP contribution >= 0.6 is 22.6 Å². The van der Waals surface area contributed by atoms with E-state index in [9.17, 15) is 0 Å². The molecule has 5 heteroatoms. The summed E-state index contributed by atoms with van der Waals surface area (Å²) in [7, 11) is 0. The fraction of sp³-hybridized carbons (Fsp3) is 0.769. The molecule has 3 rings (SSSR count). The van der Waals surface area contributed by atoms with Gasteiger partial charge in [0.15, 0.2) is 0 Å². The SMILES string of the molecule is Cc1cc(I)nn1C1CCOC2(CCOCC2)C1. The lowest BCUT2D eigenvalue weighted by Gasteiger charge is -2.43. The quantitative estimate of drug-likeness (QED) is 0.721. The number of rotatable bonds is 1. The Labute approximate surface area is 121 Å². The highest BCUT2D eigenvalue weighted by Gasteiger charge is 2.40. The minimum Gasteiger partial charge on any atom is -0.381 e. The molecule has 1 spiro atoms. The van der Waals surface area contributed by atoms with Crippen molar-refractivity contribution >= 4 is 22.6 Å². The number of hydrogen-bond acceptors (Lipinski definition) is 3. The van der Waals surface area contributed by atoms with Crippen LogP contribution < -0.4 is 0 Å². The van der Waals surface area contributed by atoms with Crippen LogP contribution in [-0.2, 0) is 9.47 Å². The van der Waals surface area contributed by atoms with E-state index in [-0.39, 0.29) is 5.60 Å². The molecule has 0 bridgehead atoms. The molecule has 100 valence electrons. The zero-order valence-electron chi connectivity index (χ0n) is 10.7. The third-order valence-electron chi connectivity index (χ3n) is 4.11. The highest BCUT2D eigenvalue weighted by Crippen LogP contribution is 2.39. The zero-order chi connectivity index (χ0) is 12.6. The topological polar surface area (TPSA) is 36.3 Å². The average molecular weight is 362 g/mol. The largest absolute Gasteiger partial charge is 0.381 e. The molecule has 1 aromatic rings. The molecule has 0 aromatic carbocycles. The third-order valence-corrected chi connectivity index (χ3v) is 4.64. The van der Waals surface area contributed by atoms with Gasteiger partial charge < -0.3 is 9.47 Å². The van der Waals surface area contributed by atoms with Gasteiger partial charge in [0.25, 0.3) is 0 Å². The van der Waals surface area contributed by atoms with E-state index in [0.717, 1.165) is 49.2 Å². The van der Waals surface area contributed by atoms with E-state index in [1.807, 2.05) is 0 Å². The van der Waals surface area contributed by atoms with Crippen LogP contribution in [0.4, 0.5) is 0 Å². The summed E-state index contributed by atoms with van der Waals surface area (Å²) in [4.78, 5) is 0. The normalized spacial score (nSPS) is 27.6. The Morgan fingerprint density at radius 1 is 1.39 bits per heavy atom. The summed E-state index contributed by atoms with van der Waals surface area (Å²) in [5.74, 6) is 0. The molecule has 2 saturated heterocycles. The lowest BCUT2D eigenvalue weighted by molar-refractivity contribution is -0.145. The van der Waals surface area contributed by atoms with Gasteiger partial charge in [0.1, 0.15) is 3.70 Å². The maximum Gasteiger partial charge on any atom is 0.123 e. The minimum atomic E-state index is 0.0466. The first kappa shape index (κ1) is 12.9. The zero-order valence-corrected chi connectivity index (χ0v) is 12.9. The van der Waals surface area contributed by atoms with Crippen LogP contribution in [0.15, 0.2) is 6.07 Å². The number of aromatic nitrogens is 2. The Morgan fingerprint density at radius 2 is 2.17 bits per heavy atom. The highest BCUT2D eigenvalue weighted by molar-refractivity contribution is 14.1. The van der Waals surface area contributed by atoms with Gasteiger partial charge in [0, 0.05) is 25.5 Å². The third kappa shape index (κ3) is 2.44. The molecule has 2 aliphatic heterocycles. The smallest absolute Gasteiger partial charge is 0.123 e. The van der Waals surface area contributed by atoms with Gasteiger partial charge in [-0.2, -0.15) is 5.10 Å². The van der Waals surface area contributed by atoms with Crippen molar-refractivity contribution in [3.63, 3.8) is 0 Å². The number of nitrogens with zero attached hydrogens (tertiary/aromatic N) is 2. The van der Waals surface area contributed by atoms with E-state index in [0.29, 0.717) is 6.04 Å². The van der Waals surface area contributed by atoms with Crippen molar-refractivity contribution in [2.75, 3.05) is 19.8 Å². The standard InChI is InChI=1S/C13H19IN2O2/c1-10-8-12(14)15-16(10)11-2-5-18-13(9-11)3-6-17-7-4-13/h8,11H,2-7,9H2,1H3. The maximum atomic E-state index is 6.08. The van der Waals surface area contributed by atoms with Gasteiger partial charge in [0.2, 0.25) is 0 Å². The average Bonchev–Trinajstić information content (AvgIpc) is 2.69. The molecule has 2 aliphatic rings. The van der Waals surface area contributed by atoms with Crippen LogP contribution in [-0.4, -0.2) is 35.2 Å². The van der Waals surface area contributed by atoms with E-state index in [1.165, 1.54) is 5.69 Å². The van der Waals surface area contributed by atoms with Crippen LogP contribution in [0.3, 0.4) is 0 Å². The highest BCUT2D eigenvalue weighted by atomic mass is 127. The predicted octanol–water partition coefficient (Wildman–Crippen LogP) is 2.70. The summed E-state index contributed by atoms with van der Waals surface area (Å²) in [6.45, 7) is 4.66. The Kier molecular flexibility index (Phi) is 3.64. The van der Waals surface area contributed by atoms with Crippen LogP contribution in [0, 0.1) is 10.6 Å². The monoisotopic (exact) mass is 362 g/mol. The first-order chi connectivity index (χ1) is 8.69. The lowest BCUT2D eigenvalue weighted by atomic mass is 9.84. The molecular weight excluding hydrogens is 343 g/mol. The van der Waals surface area contributed by atoms with Gasteiger partial charge in [-0.15, -0.1) is 0 Å². The van der Waals surface area contributed by atoms with Gasteiger partial charge in [-0.05, 0) is 61.3 Å². The number of hydrogen-bond donors (Lipinski definition) is 0. The summed E-state index contributed by atoms with van der Waals surface area (Å²) < 4.78 is 14.8. The van der Waals surface area contributed by atoms with Crippen LogP contribution in [0.2, 0.25) is 0 Å². The summed E-state index contributed by atoms with van der Waals surface area (Å²) in [6.07, 6.45) is 4.21. The maximum absolute atomic E-state index is 6.08. The van der Waals surface area contributed by atoms with Crippen molar-refractivity contribution in [1.82, 2.24) is 9.78 Å². The first-order valence-corrected chi connectivity index (χ1v) is 7.70. The molecular formula is C13H19IN2O2. The van der Waals surface area contributed by atoms with E-state index in [4.69, 9.17) is 9.47 Å². The van der Waals surface area contributed by atoms with Gasteiger partial charge in [-0.1, -0.05) is 0 Å². The molecule has 0 amide bonds. The second-order valence-electron chi connectivity index (χ2n) is 5.34. The fourth-order valence-corrected chi connectivity index (χ4v) is 3.80. The molecule has 18 heavy (non-hydrogen) atoms. The van der Waals surface area contributed by atoms with E-state index in [2.05, 4.69) is 45.4 Å². The minimum absolute atomic E-state index is 0.0466. The fourth-order valence-electron chi connectivity index (χ4n) is 3.12. The second-order valence-corrected chi connectivity index (χ2v) is 6.45. The van der Waals surface area contributed by atoms with Crippen molar-refractivity contribution in [1.29, 1.82) is 0 Å². The van der Waals surface area contributed by atoms with Crippen molar-refractivity contribution in [2.45, 2.75) is 44.2 Å². The molecule has 1 aromatic heterocycles. The number of aryl methyl sites for hydroxylation is 1. The van der Waals surface area contributed by atoms with Crippen LogP contribution in [0.25, 0.3) is 0 Å².